The highest BCUT2D eigenvalue weighted by Gasteiger charge is 2.32. The van der Waals surface area contributed by atoms with Gasteiger partial charge in [-0.15, -0.1) is 0 Å². The van der Waals surface area contributed by atoms with Crippen molar-refractivity contribution in [3.05, 3.63) is 0 Å². The Kier molecular flexibility index (Phi) is 14.7. The zero-order valence-corrected chi connectivity index (χ0v) is 20.5. The Bertz CT molecular complexity index is 699. The average Bonchev–Trinajstić information content (AvgIpc) is 2.72. The van der Waals surface area contributed by atoms with Gasteiger partial charge in [-0.3, -0.25) is 19.2 Å². The molecule has 12 nitrogen and oxygen atoms in total. The van der Waals surface area contributed by atoms with Gasteiger partial charge >= 0.3 is 11.9 Å². The lowest BCUT2D eigenvalue weighted by molar-refractivity contribution is -0.142. The molecule has 0 fully saturated rings. The molecular formula is C22H41N5O7. The van der Waals surface area contributed by atoms with E-state index in [1.54, 1.807) is 13.8 Å². The van der Waals surface area contributed by atoms with Crippen molar-refractivity contribution in [1.82, 2.24) is 16.0 Å². The number of amides is 3. The van der Waals surface area contributed by atoms with Crippen molar-refractivity contribution in [3.63, 3.8) is 0 Å². The van der Waals surface area contributed by atoms with Crippen LogP contribution in [0.4, 0.5) is 0 Å². The van der Waals surface area contributed by atoms with E-state index in [4.69, 9.17) is 16.6 Å². The monoisotopic (exact) mass is 487 g/mol. The number of nitrogens with two attached hydrogens (primary N) is 2. The molecule has 0 aliphatic carbocycles. The summed E-state index contributed by atoms with van der Waals surface area (Å²) in [7, 11) is 0. The Morgan fingerprint density at radius 2 is 1.38 bits per heavy atom. The highest BCUT2D eigenvalue weighted by molar-refractivity contribution is 5.94. The van der Waals surface area contributed by atoms with Gasteiger partial charge in [0.2, 0.25) is 17.7 Å². The van der Waals surface area contributed by atoms with E-state index in [2.05, 4.69) is 16.0 Å². The molecule has 9 N–H and O–H groups in total. The van der Waals surface area contributed by atoms with Crippen LogP contribution in [-0.2, 0) is 24.0 Å². The van der Waals surface area contributed by atoms with Crippen LogP contribution in [0.1, 0.15) is 66.2 Å². The fourth-order valence-electron chi connectivity index (χ4n) is 3.23. The van der Waals surface area contributed by atoms with Crippen molar-refractivity contribution in [2.75, 3.05) is 6.54 Å². The smallest absolute Gasteiger partial charge is 0.326 e. The van der Waals surface area contributed by atoms with E-state index in [0.717, 1.165) is 0 Å². The predicted molar refractivity (Wildman–Crippen MR) is 125 cm³/mol. The number of nitrogens with one attached hydrogen (secondary N) is 3. The lowest BCUT2D eigenvalue weighted by Gasteiger charge is -2.27. The van der Waals surface area contributed by atoms with Gasteiger partial charge < -0.3 is 37.6 Å². The average molecular weight is 488 g/mol. The maximum atomic E-state index is 12.9. The summed E-state index contributed by atoms with van der Waals surface area (Å²) in [6.07, 6.45) is 1.07. The van der Waals surface area contributed by atoms with Crippen LogP contribution in [0.15, 0.2) is 0 Å². The number of rotatable bonds is 17. The molecule has 4 unspecified atom stereocenters. The Morgan fingerprint density at radius 1 is 0.794 bits per heavy atom. The van der Waals surface area contributed by atoms with E-state index in [-0.39, 0.29) is 18.8 Å². The van der Waals surface area contributed by atoms with Crippen molar-refractivity contribution in [2.24, 2.45) is 23.3 Å². The number of carbonyl (C=O) groups excluding carboxylic acids is 3. The summed E-state index contributed by atoms with van der Waals surface area (Å²) in [6.45, 7) is 7.49. The zero-order valence-electron chi connectivity index (χ0n) is 20.5. The van der Waals surface area contributed by atoms with Gasteiger partial charge in [0.1, 0.15) is 18.1 Å². The molecular weight excluding hydrogens is 446 g/mol. The maximum absolute atomic E-state index is 12.9. The molecule has 0 saturated heterocycles. The van der Waals surface area contributed by atoms with Crippen LogP contribution in [0.25, 0.3) is 0 Å². The van der Waals surface area contributed by atoms with E-state index < -0.39 is 66.2 Å². The minimum absolute atomic E-state index is 0.132. The fourth-order valence-corrected chi connectivity index (χ4v) is 3.23. The second kappa shape index (κ2) is 16.0. The largest absolute Gasteiger partial charge is 0.481 e. The molecule has 4 atom stereocenters. The molecule has 0 spiro atoms. The quantitative estimate of drug-likeness (QED) is 0.132. The van der Waals surface area contributed by atoms with Crippen LogP contribution in [0, 0.1) is 11.8 Å². The first-order valence-corrected chi connectivity index (χ1v) is 11.6. The van der Waals surface area contributed by atoms with E-state index in [1.807, 2.05) is 13.8 Å². The SMILES string of the molecule is CC(C)CC(N)C(=O)NC(CCC(=O)O)C(=O)NC(C(=O)NC(CCCCN)C(=O)O)C(C)C. The Balaban J connectivity index is 5.42. The molecule has 196 valence electrons. The topological polar surface area (TPSA) is 214 Å². The molecule has 0 aromatic heterocycles. The van der Waals surface area contributed by atoms with Crippen LogP contribution in [-0.4, -0.2) is 70.6 Å². The Morgan fingerprint density at radius 3 is 1.85 bits per heavy atom. The molecule has 12 heteroatoms. The lowest BCUT2D eigenvalue weighted by atomic mass is 10.0. The highest BCUT2D eigenvalue weighted by Crippen LogP contribution is 2.09. The normalized spacial score (nSPS) is 14.7. The van der Waals surface area contributed by atoms with Crippen molar-refractivity contribution < 1.29 is 34.2 Å². The summed E-state index contributed by atoms with van der Waals surface area (Å²) < 4.78 is 0. The molecule has 0 bridgehead atoms. The van der Waals surface area contributed by atoms with Gasteiger partial charge in [-0.1, -0.05) is 27.7 Å². The van der Waals surface area contributed by atoms with Crippen LogP contribution >= 0.6 is 0 Å². The van der Waals surface area contributed by atoms with Gasteiger partial charge in [0.25, 0.3) is 0 Å². The highest BCUT2D eigenvalue weighted by atomic mass is 16.4. The lowest BCUT2D eigenvalue weighted by Crippen LogP contribution is -2.58. The Hall–Kier alpha value is -2.73. The summed E-state index contributed by atoms with van der Waals surface area (Å²) in [5.41, 5.74) is 11.3. The molecule has 3 amide bonds. The van der Waals surface area contributed by atoms with Crippen molar-refractivity contribution >= 4 is 29.7 Å². The third kappa shape index (κ3) is 12.5. The van der Waals surface area contributed by atoms with Gasteiger partial charge in [-0.25, -0.2) is 4.79 Å². The second-order valence-corrected chi connectivity index (χ2v) is 9.14. The van der Waals surface area contributed by atoms with E-state index in [0.29, 0.717) is 25.8 Å². The van der Waals surface area contributed by atoms with Crippen LogP contribution in [0.3, 0.4) is 0 Å². The van der Waals surface area contributed by atoms with Gasteiger partial charge in [-0.05, 0) is 50.5 Å². The first-order valence-electron chi connectivity index (χ1n) is 11.6. The van der Waals surface area contributed by atoms with E-state index >= 15 is 0 Å². The number of hydrogen-bond acceptors (Lipinski definition) is 7. The van der Waals surface area contributed by atoms with Gasteiger partial charge in [-0.2, -0.15) is 0 Å². The van der Waals surface area contributed by atoms with Crippen molar-refractivity contribution in [2.45, 2.75) is 90.4 Å². The maximum Gasteiger partial charge on any atom is 0.326 e. The number of carboxylic acids is 2. The van der Waals surface area contributed by atoms with Crippen LogP contribution < -0.4 is 27.4 Å². The van der Waals surface area contributed by atoms with Gasteiger partial charge in [0.05, 0.1) is 6.04 Å². The first kappa shape index (κ1) is 31.3. The zero-order chi connectivity index (χ0) is 26.4. The summed E-state index contributed by atoms with van der Waals surface area (Å²) >= 11 is 0. The molecule has 0 aromatic carbocycles. The van der Waals surface area contributed by atoms with Crippen LogP contribution in [0.5, 0.6) is 0 Å². The molecule has 0 radical (unpaired) electrons. The number of carboxylic acid groups (broad SMARTS) is 2. The molecule has 0 rings (SSSR count). The molecule has 0 aliphatic rings. The summed E-state index contributed by atoms with van der Waals surface area (Å²) in [4.78, 5) is 60.7. The third-order valence-corrected chi connectivity index (χ3v) is 5.15. The second-order valence-electron chi connectivity index (χ2n) is 9.14. The fraction of sp³-hybridized carbons (Fsp3) is 0.773. The summed E-state index contributed by atoms with van der Waals surface area (Å²) in [5, 5.41) is 25.8. The van der Waals surface area contributed by atoms with Gasteiger partial charge in [0, 0.05) is 6.42 Å². The minimum Gasteiger partial charge on any atom is -0.481 e. The molecule has 34 heavy (non-hydrogen) atoms. The number of aliphatic carboxylic acids is 2. The summed E-state index contributed by atoms with van der Waals surface area (Å²) in [6, 6.07) is -4.35. The number of carbonyl (C=O) groups is 5. The van der Waals surface area contributed by atoms with Crippen molar-refractivity contribution in [1.29, 1.82) is 0 Å². The predicted octanol–water partition coefficient (Wildman–Crippen LogP) is -0.451. The third-order valence-electron chi connectivity index (χ3n) is 5.15. The minimum atomic E-state index is -1.23. The molecule has 0 aromatic rings. The molecule has 0 saturated carbocycles. The van der Waals surface area contributed by atoms with E-state index in [9.17, 15) is 29.1 Å². The van der Waals surface area contributed by atoms with E-state index in [1.165, 1.54) is 0 Å². The Labute approximate surface area is 200 Å². The number of unbranched alkanes of at least 4 members (excludes halogenated alkanes) is 1. The first-order chi connectivity index (χ1) is 15.8. The summed E-state index contributed by atoms with van der Waals surface area (Å²) in [5.74, 6) is -4.69. The van der Waals surface area contributed by atoms with Crippen LogP contribution in [0.2, 0.25) is 0 Å². The molecule has 0 aliphatic heterocycles. The van der Waals surface area contributed by atoms with Crippen molar-refractivity contribution in [3.8, 4) is 0 Å². The standard InChI is InChI=1S/C22H41N5O7/c1-12(2)11-14(24)19(30)25-15(8-9-17(28)29)20(31)27-18(13(3)4)21(32)26-16(22(33)34)7-5-6-10-23/h12-16,18H,5-11,23-24H2,1-4H3,(H,25,30)(H,26,32)(H,27,31)(H,28,29)(H,33,34). The number of hydrogen-bond donors (Lipinski definition) is 7. The molecule has 0 heterocycles. The van der Waals surface area contributed by atoms with Gasteiger partial charge in [0.15, 0.2) is 0 Å².